The van der Waals surface area contributed by atoms with Crippen LogP contribution in [0.3, 0.4) is 0 Å². The number of aromatic hydroxyl groups is 1. The molecule has 1 aliphatic rings. The van der Waals surface area contributed by atoms with Crippen molar-refractivity contribution in [2.24, 2.45) is 0 Å². The number of benzene rings is 2. The Bertz CT molecular complexity index is 701. The van der Waals surface area contributed by atoms with Crippen molar-refractivity contribution in [2.75, 3.05) is 20.1 Å². The van der Waals surface area contributed by atoms with Crippen molar-refractivity contribution < 1.29 is 10.0 Å². The Morgan fingerprint density at radius 1 is 1.27 bits per heavy atom. The van der Waals surface area contributed by atoms with Crippen LogP contribution in [0, 0.1) is 10.1 Å². The second-order valence-corrected chi connectivity index (χ2v) is 5.77. The van der Waals surface area contributed by atoms with Gasteiger partial charge >= 0.3 is 5.69 Å². The van der Waals surface area contributed by atoms with Crippen molar-refractivity contribution in [2.45, 2.75) is 12.3 Å². The summed E-state index contributed by atoms with van der Waals surface area (Å²) in [6.07, 6.45) is 0.746. The van der Waals surface area contributed by atoms with Gasteiger partial charge in [-0.05, 0) is 36.2 Å². The van der Waals surface area contributed by atoms with E-state index in [1.54, 1.807) is 6.07 Å². The zero-order valence-corrected chi connectivity index (χ0v) is 12.4. The number of hydrogen-bond donors (Lipinski definition) is 1. The largest absolute Gasteiger partial charge is 0.502 e. The standard InChI is InChI=1S/C17H18N2O3/c1-18-8-7-13-9-16(19(21)22)17(20)10-14(13)15(11-18)12-5-3-2-4-6-12/h2-6,9-10,15,20H,7-8,11H2,1H3/t15-/m1/s1. The maximum absolute atomic E-state index is 11.0. The molecule has 0 saturated carbocycles. The topological polar surface area (TPSA) is 66.6 Å². The van der Waals surface area contributed by atoms with Crippen molar-refractivity contribution in [1.29, 1.82) is 0 Å². The molecule has 1 N–H and O–H groups in total. The lowest BCUT2D eigenvalue weighted by Crippen LogP contribution is -2.24. The molecule has 5 heteroatoms. The lowest BCUT2D eigenvalue weighted by molar-refractivity contribution is -0.385. The third-order valence-corrected chi connectivity index (χ3v) is 4.27. The Hall–Kier alpha value is -2.40. The maximum atomic E-state index is 11.0. The Kier molecular flexibility index (Phi) is 3.81. The van der Waals surface area contributed by atoms with Gasteiger partial charge in [-0.2, -0.15) is 0 Å². The van der Waals surface area contributed by atoms with Crippen molar-refractivity contribution in [3.63, 3.8) is 0 Å². The molecule has 0 unspecified atom stereocenters. The van der Waals surface area contributed by atoms with Crippen molar-refractivity contribution in [1.82, 2.24) is 4.90 Å². The van der Waals surface area contributed by atoms with E-state index in [1.807, 2.05) is 18.2 Å². The van der Waals surface area contributed by atoms with Crippen LogP contribution >= 0.6 is 0 Å². The van der Waals surface area contributed by atoms with Crippen molar-refractivity contribution in [3.05, 3.63) is 69.3 Å². The number of likely N-dealkylation sites (N-methyl/N-ethyl adjacent to an activating group) is 1. The number of fused-ring (bicyclic) bond motifs is 1. The number of hydrogen-bond acceptors (Lipinski definition) is 4. The first-order valence-corrected chi connectivity index (χ1v) is 7.30. The summed E-state index contributed by atoms with van der Waals surface area (Å²) in [4.78, 5) is 12.7. The van der Waals surface area contributed by atoms with Gasteiger partial charge in [0.05, 0.1) is 4.92 Å². The predicted molar refractivity (Wildman–Crippen MR) is 84.2 cm³/mol. The molecule has 2 aromatic rings. The summed E-state index contributed by atoms with van der Waals surface area (Å²) >= 11 is 0. The van der Waals surface area contributed by atoms with Gasteiger partial charge in [-0.1, -0.05) is 30.3 Å². The molecule has 114 valence electrons. The van der Waals surface area contributed by atoms with Gasteiger partial charge in [-0.25, -0.2) is 0 Å². The number of phenols is 1. The molecule has 0 aromatic heterocycles. The highest BCUT2D eigenvalue weighted by atomic mass is 16.6. The van der Waals surface area contributed by atoms with Crippen LogP contribution < -0.4 is 0 Å². The van der Waals surface area contributed by atoms with E-state index < -0.39 is 4.92 Å². The molecule has 0 spiro atoms. The number of phenolic OH excluding ortho intramolecular Hbond substituents is 1. The van der Waals surface area contributed by atoms with E-state index in [4.69, 9.17) is 0 Å². The zero-order valence-electron chi connectivity index (χ0n) is 12.4. The fourth-order valence-electron chi connectivity index (χ4n) is 3.11. The van der Waals surface area contributed by atoms with Crippen LogP contribution in [0.25, 0.3) is 0 Å². The number of rotatable bonds is 2. The average Bonchev–Trinajstić information content (AvgIpc) is 2.66. The molecule has 3 rings (SSSR count). The van der Waals surface area contributed by atoms with Crippen molar-refractivity contribution >= 4 is 5.69 Å². The molecule has 0 saturated heterocycles. The van der Waals surface area contributed by atoms with Gasteiger partial charge in [-0.15, -0.1) is 0 Å². The maximum Gasteiger partial charge on any atom is 0.310 e. The summed E-state index contributed by atoms with van der Waals surface area (Å²) in [5.74, 6) is -0.148. The van der Waals surface area contributed by atoms with E-state index in [1.165, 1.54) is 6.07 Å². The lowest BCUT2D eigenvalue weighted by atomic mass is 9.87. The highest BCUT2D eigenvalue weighted by molar-refractivity contribution is 5.54. The molecular formula is C17H18N2O3. The Labute approximate surface area is 129 Å². The third kappa shape index (κ3) is 2.67. The molecule has 0 amide bonds. The van der Waals surface area contributed by atoms with E-state index >= 15 is 0 Å². The summed E-state index contributed by atoms with van der Waals surface area (Å²) in [6.45, 7) is 1.67. The SMILES string of the molecule is CN1CCc2cc([N+](=O)[O-])c(O)cc2[C@@H](c2ccccc2)C1. The minimum absolute atomic E-state index is 0.107. The highest BCUT2D eigenvalue weighted by Gasteiger charge is 2.26. The van der Waals surface area contributed by atoms with E-state index in [0.29, 0.717) is 0 Å². The van der Waals surface area contributed by atoms with E-state index in [9.17, 15) is 15.2 Å². The molecule has 1 aliphatic heterocycles. The summed E-state index contributed by atoms with van der Waals surface area (Å²) in [5.41, 5.74) is 2.88. The molecule has 1 heterocycles. The predicted octanol–water partition coefficient (Wildman–Crippen LogP) is 2.92. The lowest BCUT2D eigenvalue weighted by Gasteiger charge is -2.22. The van der Waals surface area contributed by atoms with E-state index in [-0.39, 0.29) is 17.4 Å². The van der Waals surface area contributed by atoms with Crippen LogP contribution in [0.2, 0.25) is 0 Å². The van der Waals surface area contributed by atoms with Gasteiger partial charge in [0.25, 0.3) is 0 Å². The molecule has 0 aliphatic carbocycles. The van der Waals surface area contributed by atoms with Crippen LogP contribution in [-0.4, -0.2) is 35.1 Å². The molecular weight excluding hydrogens is 280 g/mol. The van der Waals surface area contributed by atoms with Gasteiger partial charge < -0.3 is 10.0 Å². The number of nitrogens with zero attached hydrogens (tertiary/aromatic N) is 2. The van der Waals surface area contributed by atoms with Gasteiger partial charge in [0.1, 0.15) is 0 Å². The Morgan fingerprint density at radius 3 is 2.68 bits per heavy atom. The molecule has 0 radical (unpaired) electrons. The fourth-order valence-corrected chi connectivity index (χ4v) is 3.11. The van der Waals surface area contributed by atoms with Gasteiger partial charge in [-0.3, -0.25) is 10.1 Å². The minimum atomic E-state index is -0.526. The molecule has 5 nitrogen and oxygen atoms in total. The zero-order chi connectivity index (χ0) is 15.7. The monoisotopic (exact) mass is 298 g/mol. The van der Waals surface area contributed by atoms with Gasteiger partial charge in [0.15, 0.2) is 5.75 Å². The van der Waals surface area contributed by atoms with Crippen LogP contribution in [0.4, 0.5) is 5.69 Å². The second kappa shape index (κ2) is 5.77. The Balaban J connectivity index is 2.14. The molecule has 0 bridgehead atoms. The number of nitro groups is 1. The summed E-state index contributed by atoms with van der Waals surface area (Å²) < 4.78 is 0. The first-order chi connectivity index (χ1) is 10.6. The molecule has 0 fully saturated rings. The first kappa shape index (κ1) is 14.5. The molecule has 2 aromatic carbocycles. The Morgan fingerprint density at radius 2 is 2.00 bits per heavy atom. The minimum Gasteiger partial charge on any atom is -0.502 e. The smallest absolute Gasteiger partial charge is 0.310 e. The van der Waals surface area contributed by atoms with E-state index in [2.05, 4.69) is 24.1 Å². The van der Waals surface area contributed by atoms with Crippen LogP contribution in [-0.2, 0) is 6.42 Å². The summed E-state index contributed by atoms with van der Waals surface area (Å²) in [7, 11) is 2.05. The number of nitro benzene ring substituents is 1. The van der Waals surface area contributed by atoms with Gasteiger partial charge in [0.2, 0.25) is 0 Å². The highest BCUT2D eigenvalue weighted by Crippen LogP contribution is 2.37. The third-order valence-electron chi connectivity index (χ3n) is 4.27. The van der Waals surface area contributed by atoms with Crippen molar-refractivity contribution in [3.8, 4) is 5.75 Å². The van der Waals surface area contributed by atoms with Crippen LogP contribution in [0.15, 0.2) is 42.5 Å². The van der Waals surface area contributed by atoms with Crippen LogP contribution in [0.1, 0.15) is 22.6 Å². The normalized spacial score (nSPS) is 18.5. The average molecular weight is 298 g/mol. The van der Waals surface area contributed by atoms with E-state index in [0.717, 1.165) is 36.2 Å². The quantitative estimate of drug-likeness (QED) is 0.684. The molecule has 1 atom stereocenters. The van der Waals surface area contributed by atoms with Gasteiger partial charge in [0, 0.05) is 25.1 Å². The second-order valence-electron chi connectivity index (χ2n) is 5.77. The fraction of sp³-hybridized carbons (Fsp3) is 0.294. The first-order valence-electron chi connectivity index (χ1n) is 7.30. The summed E-state index contributed by atoms with van der Waals surface area (Å²) in [6, 6.07) is 13.2. The molecule has 22 heavy (non-hydrogen) atoms. The summed E-state index contributed by atoms with van der Waals surface area (Å²) in [5, 5.41) is 21.0. The van der Waals surface area contributed by atoms with Crippen LogP contribution in [0.5, 0.6) is 5.75 Å².